The third kappa shape index (κ3) is 4.67. The smallest absolute Gasteiger partial charge is 0.325 e. The molecular weight excluding hydrogens is 458 g/mol. The van der Waals surface area contributed by atoms with Gasteiger partial charge in [-0.05, 0) is 48.6 Å². The molecule has 2 aromatic rings. The van der Waals surface area contributed by atoms with Gasteiger partial charge in [0.05, 0.1) is 6.54 Å². The van der Waals surface area contributed by atoms with Crippen LogP contribution in [0, 0.1) is 0 Å². The minimum absolute atomic E-state index is 0.154. The molecule has 9 heteroatoms. The molecule has 0 bridgehead atoms. The van der Waals surface area contributed by atoms with E-state index in [1.165, 1.54) is 6.42 Å². The first kappa shape index (κ1) is 24.2. The quantitative estimate of drug-likeness (QED) is 0.644. The van der Waals surface area contributed by atoms with Crippen LogP contribution in [0.1, 0.15) is 31.7 Å². The van der Waals surface area contributed by atoms with Crippen molar-refractivity contribution < 1.29 is 19.2 Å². The second kappa shape index (κ2) is 9.89. The summed E-state index contributed by atoms with van der Waals surface area (Å²) in [6.45, 7) is 5.57. The normalized spacial score (nSPS) is 23.3. The summed E-state index contributed by atoms with van der Waals surface area (Å²) in [5.41, 5.74) is -0.545. The molecule has 1 atom stereocenters. The maximum Gasteiger partial charge on any atom is 0.325 e. The van der Waals surface area contributed by atoms with Crippen LogP contribution in [0.3, 0.4) is 0 Å². The molecule has 0 aliphatic carbocycles. The fourth-order valence-electron chi connectivity index (χ4n) is 5.36. The molecule has 3 aliphatic heterocycles. The highest BCUT2D eigenvalue weighted by Gasteiger charge is 2.49. The van der Waals surface area contributed by atoms with Crippen molar-refractivity contribution in [3.63, 3.8) is 0 Å². The molecular formula is C27H33N5O4. The van der Waals surface area contributed by atoms with E-state index in [1.807, 2.05) is 47.4 Å². The number of urea groups is 1. The molecule has 2 aromatic carbocycles. The summed E-state index contributed by atoms with van der Waals surface area (Å²) in [6.07, 6.45) is 3.32. The number of piperazine rings is 1. The number of carbonyl (C=O) groups is 4. The van der Waals surface area contributed by atoms with Gasteiger partial charge in [0.25, 0.3) is 5.91 Å². The highest BCUT2D eigenvalue weighted by Crippen LogP contribution is 2.31. The Morgan fingerprint density at radius 3 is 2.17 bits per heavy atom. The van der Waals surface area contributed by atoms with Crippen LogP contribution in [0.25, 0.3) is 10.8 Å². The zero-order valence-electron chi connectivity index (χ0n) is 20.7. The lowest BCUT2D eigenvalue weighted by molar-refractivity contribution is -0.140. The molecule has 3 heterocycles. The van der Waals surface area contributed by atoms with Crippen molar-refractivity contribution in [3.8, 4) is 0 Å². The largest absolute Gasteiger partial charge is 0.342 e. The molecule has 0 aromatic heterocycles. The number of nitrogens with zero attached hydrogens (tertiary/aromatic N) is 4. The molecule has 1 N–H and O–H groups in total. The topological polar surface area (TPSA) is 93.3 Å². The van der Waals surface area contributed by atoms with Crippen molar-refractivity contribution in [1.29, 1.82) is 0 Å². The van der Waals surface area contributed by atoms with E-state index in [9.17, 15) is 19.2 Å². The van der Waals surface area contributed by atoms with Crippen LogP contribution in [-0.4, -0.2) is 95.7 Å². The summed E-state index contributed by atoms with van der Waals surface area (Å²) in [4.78, 5) is 58.3. The molecule has 190 valence electrons. The van der Waals surface area contributed by atoms with Crippen molar-refractivity contribution in [2.24, 2.45) is 0 Å². The van der Waals surface area contributed by atoms with Crippen molar-refractivity contribution >= 4 is 34.5 Å². The summed E-state index contributed by atoms with van der Waals surface area (Å²) in [7, 11) is 0. The summed E-state index contributed by atoms with van der Waals surface area (Å²) in [5.74, 6) is -0.535. The van der Waals surface area contributed by atoms with Gasteiger partial charge in [0, 0.05) is 39.3 Å². The van der Waals surface area contributed by atoms with Gasteiger partial charge in [0.2, 0.25) is 11.8 Å². The summed E-state index contributed by atoms with van der Waals surface area (Å²) in [6, 6.07) is 13.0. The van der Waals surface area contributed by atoms with Gasteiger partial charge in [-0.3, -0.25) is 24.2 Å². The number of imide groups is 1. The highest BCUT2D eigenvalue weighted by molar-refractivity contribution is 6.09. The van der Waals surface area contributed by atoms with E-state index in [4.69, 9.17) is 0 Å². The van der Waals surface area contributed by atoms with Gasteiger partial charge in [-0.1, -0.05) is 36.4 Å². The molecule has 3 fully saturated rings. The van der Waals surface area contributed by atoms with Crippen molar-refractivity contribution in [3.05, 3.63) is 48.0 Å². The Hall–Kier alpha value is -3.46. The average molecular weight is 492 g/mol. The number of hydrogen-bond acceptors (Lipinski definition) is 5. The molecule has 0 unspecified atom stereocenters. The van der Waals surface area contributed by atoms with Gasteiger partial charge in [-0.15, -0.1) is 0 Å². The fourth-order valence-corrected chi connectivity index (χ4v) is 5.36. The minimum atomic E-state index is -1.23. The molecule has 3 aliphatic rings. The summed E-state index contributed by atoms with van der Waals surface area (Å²) in [5, 5.41) is 4.82. The number of nitrogens with one attached hydrogen (secondary N) is 1. The molecule has 9 nitrogen and oxygen atoms in total. The number of amides is 5. The van der Waals surface area contributed by atoms with Crippen molar-refractivity contribution in [1.82, 2.24) is 24.9 Å². The summed E-state index contributed by atoms with van der Waals surface area (Å²) < 4.78 is 0. The summed E-state index contributed by atoms with van der Waals surface area (Å²) >= 11 is 0. The predicted molar refractivity (Wildman–Crippen MR) is 135 cm³/mol. The molecule has 3 saturated heterocycles. The van der Waals surface area contributed by atoms with E-state index in [2.05, 4.69) is 10.2 Å². The average Bonchev–Trinajstić information content (AvgIpc) is 3.13. The zero-order chi connectivity index (χ0) is 25.3. The van der Waals surface area contributed by atoms with Crippen molar-refractivity contribution in [2.45, 2.75) is 31.7 Å². The monoisotopic (exact) mass is 491 g/mol. The third-order valence-electron chi connectivity index (χ3n) is 7.69. The van der Waals surface area contributed by atoms with Crippen LogP contribution in [0.2, 0.25) is 0 Å². The lowest BCUT2D eigenvalue weighted by Crippen LogP contribution is -2.54. The highest BCUT2D eigenvalue weighted by atomic mass is 16.2. The van der Waals surface area contributed by atoms with Crippen LogP contribution in [0.5, 0.6) is 0 Å². The zero-order valence-corrected chi connectivity index (χ0v) is 20.7. The SMILES string of the molecule is C[C@]1(c2ccc3ccccc3c2)NC(=O)N(CC(=O)N2CCN(CC(=O)N3CCCCC3)CC2)C1=O. The first-order chi connectivity index (χ1) is 17.3. The second-order valence-corrected chi connectivity index (χ2v) is 10.1. The second-order valence-electron chi connectivity index (χ2n) is 10.1. The fraction of sp³-hybridized carbons (Fsp3) is 0.481. The van der Waals surface area contributed by atoms with Gasteiger partial charge >= 0.3 is 6.03 Å². The maximum atomic E-state index is 13.3. The standard InChI is InChI=1S/C27H33N5O4/c1-27(22-10-9-20-7-3-4-8-21(20)17-22)25(35)32(26(36)28-27)19-24(34)31-15-13-29(14-16-31)18-23(33)30-11-5-2-6-12-30/h3-4,7-10,17H,2,5-6,11-16,18-19H2,1H3,(H,28,36)/t27-/m1/s1. The van der Waals surface area contributed by atoms with E-state index >= 15 is 0 Å². The predicted octanol–water partition coefficient (Wildman–Crippen LogP) is 1.76. The van der Waals surface area contributed by atoms with Gasteiger partial charge in [0.1, 0.15) is 12.1 Å². The maximum absolute atomic E-state index is 13.3. The van der Waals surface area contributed by atoms with E-state index < -0.39 is 17.5 Å². The number of rotatable bonds is 5. The Balaban J connectivity index is 1.18. The Labute approximate surface area is 211 Å². The first-order valence-electron chi connectivity index (χ1n) is 12.8. The molecule has 0 saturated carbocycles. The van der Waals surface area contributed by atoms with Crippen LogP contribution in [0.15, 0.2) is 42.5 Å². The van der Waals surface area contributed by atoms with Gasteiger partial charge < -0.3 is 15.1 Å². The van der Waals surface area contributed by atoms with Crippen LogP contribution in [-0.2, 0) is 19.9 Å². The Kier molecular flexibility index (Phi) is 6.66. The Bertz CT molecular complexity index is 1190. The number of piperidine rings is 1. The van der Waals surface area contributed by atoms with Crippen LogP contribution < -0.4 is 5.32 Å². The van der Waals surface area contributed by atoms with E-state index in [0.717, 1.165) is 41.6 Å². The van der Waals surface area contributed by atoms with E-state index in [1.54, 1.807) is 11.8 Å². The van der Waals surface area contributed by atoms with Gasteiger partial charge in [-0.25, -0.2) is 4.79 Å². The Morgan fingerprint density at radius 1 is 0.806 bits per heavy atom. The number of likely N-dealkylation sites (tertiary alicyclic amines) is 1. The first-order valence-corrected chi connectivity index (χ1v) is 12.8. The van der Waals surface area contributed by atoms with Crippen molar-refractivity contribution in [2.75, 3.05) is 52.4 Å². The number of hydrogen-bond donors (Lipinski definition) is 1. The van der Waals surface area contributed by atoms with Crippen LogP contribution in [0.4, 0.5) is 4.79 Å². The Morgan fingerprint density at radius 2 is 1.44 bits per heavy atom. The molecule has 0 radical (unpaired) electrons. The minimum Gasteiger partial charge on any atom is -0.342 e. The molecule has 0 spiro atoms. The third-order valence-corrected chi connectivity index (χ3v) is 7.69. The van der Waals surface area contributed by atoms with Gasteiger partial charge in [-0.2, -0.15) is 0 Å². The van der Waals surface area contributed by atoms with Gasteiger partial charge in [0.15, 0.2) is 0 Å². The lowest BCUT2D eigenvalue weighted by atomic mass is 9.90. The molecule has 5 amide bonds. The van der Waals surface area contributed by atoms with E-state index in [-0.39, 0.29) is 18.4 Å². The number of carbonyl (C=O) groups excluding carboxylic acids is 4. The number of benzene rings is 2. The lowest BCUT2D eigenvalue weighted by Gasteiger charge is -2.36. The number of fused-ring (bicyclic) bond motifs is 1. The van der Waals surface area contributed by atoms with Crippen LogP contribution >= 0.6 is 0 Å². The van der Waals surface area contributed by atoms with E-state index in [0.29, 0.717) is 38.3 Å². The molecule has 36 heavy (non-hydrogen) atoms. The molecule has 5 rings (SSSR count).